The van der Waals surface area contributed by atoms with E-state index in [1.165, 1.54) is 0 Å². The van der Waals surface area contributed by atoms with E-state index in [0.29, 0.717) is 29.7 Å². The molecule has 8 nitrogen and oxygen atoms in total. The third kappa shape index (κ3) is 4.41. The van der Waals surface area contributed by atoms with Crippen molar-refractivity contribution in [3.63, 3.8) is 0 Å². The van der Waals surface area contributed by atoms with Crippen LogP contribution in [0, 0.1) is 6.92 Å². The quantitative estimate of drug-likeness (QED) is 0.368. The van der Waals surface area contributed by atoms with Gasteiger partial charge in [0, 0.05) is 31.0 Å². The monoisotopic (exact) mass is 440 g/mol. The molecule has 4 heterocycles. The van der Waals surface area contributed by atoms with Crippen molar-refractivity contribution in [2.75, 3.05) is 6.54 Å². The number of fused-ring (bicyclic) bond motifs is 1. The number of furan rings is 1. The maximum atomic E-state index is 13.2. The van der Waals surface area contributed by atoms with Gasteiger partial charge in [-0.3, -0.25) is 4.79 Å². The van der Waals surface area contributed by atoms with Crippen molar-refractivity contribution in [2.24, 2.45) is 0 Å². The first-order chi connectivity index (χ1) is 16.2. The molecule has 33 heavy (non-hydrogen) atoms. The Morgan fingerprint density at radius 2 is 2.03 bits per heavy atom. The molecule has 4 aromatic heterocycles. The normalized spacial score (nSPS) is 11.2. The summed E-state index contributed by atoms with van der Waals surface area (Å²) in [4.78, 5) is 22.3. The molecule has 0 saturated carbocycles. The van der Waals surface area contributed by atoms with Gasteiger partial charge < -0.3 is 14.3 Å². The molecule has 0 atom stereocenters. The van der Waals surface area contributed by atoms with Crippen LogP contribution in [0.15, 0.2) is 77.8 Å². The zero-order valence-corrected chi connectivity index (χ0v) is 18.3. The number of carbonyl (C=O) groups is 1. The number of amides is 1. The molecule has 0 unspecified atom stereocenters. The minimum atomic E-state index is -0.139. The van der Waals surface area contributed by atoms with Gasteiger partial charge in [-0.05, 0) is 31.5 Å². The molecule has 0 aliphatic carbocycles. The molecule has 8 heteroatoms. The van der Waals surface area contributed by atoms with Crippen molar-refractivity contribution in [2.45, 2.75) is 26.4 Å². The number of nitrogens with zero attached hydrogens (tertiary/aromatic N) is 5. The van der Waals surface area contributed by atoms with Gasteiger partial charge in [0.15, 0.2) is 5.65 Å². The first-order valence-corrected chi connectivity index (χ1v) is 10.9. The first kappa shape index (κ1) is 20.7. The summed E-state index contributed by atoms with van der Waals surface area (Å²) in [6.45, 7) is 3.76. The van der Waals surface area contributed by atoms with E-state index in [1.807, 2.05) is 61.7 Å². The van der Waals surface area contributed by atoms with E-state index in [0.717, 1.165) is 35.8 Å². The fraction of sp³-hybridized carbons (Fsp3) is 0.200. The summed E-state index contributed by atoms with van der Waals surface area (Å²) >= 11 is 0. The Hall–Kier alpha value is -4.20. The number of aromatic nitrogens is 5. The highest BCUT2D eigenvalue weighted by Gasteiger charge is 2.18. The number of hydrogen-bond acceptors (Lipinski definition) is 5. The lowest BCUT2D eigenvalue weighted by Gasteiger charge is -2.10. The zero-order valence-electron chi connectivity index (χ0n) is 18.3. The van der Waals surface area contributed by atoms with Crippen LogP contribution in [0.3, 0.4) is 0 Å². The Balaban J connectivity index is 1.43. The molecule has 166 valence electrons. The van der Waals surface area contributed by atoms with Crippen LogP contribution in [0.2, 0.25) is 0 Å². The molecule has 0 radical (unpaired) electrons. The van der Waals surface area contributed by atoms with Crippen molar-refractivity contribution in [3.05, 3.63) is 90.5 Å². The first-order valence-electron chi connectivity index (χ1n) is 10.9. The van der Waals surface area contributed by atoms with Gasteiger partial charge >= 0.3 is 0 Å². The predicted molar refractivity (Wildman–Crippen MR) is 125 cm³/mol. The molecule has 0 aliphatic rings. The summed E-state index contributed by atoms with van der Waals surface area (Å²) in [6, 6.07) is 15.4. The average Bonchev–Trinajstić information content (AvgIpc) is 3.59. The molecular weight excluding hydrogens is 416 g/mol. The zero-order chi connectivity index (χ0) is 22.6. The number of imidazole rings is 1. The van der Waals surface area contributed by atoms with Crippen LogP contribution in [0.1, 0.15) is 28.4 Å². The van der Waals surface area contributed by atoms with Crippen LogP contribution in [-0.4, -0.2) is 36.8 Å². The minimum absolute atomic E-state index is 0.139. The van der Waals surface area contributed by atoms with Crippen LogP contribution >= 0.6 is 0 Å². The van der Waals surface area contributed by atoms with E-state index in [2.05, 4.69) is 20.0 Å². The number of rotatable bonds is 8. The fourth-order valence-corrected chi connectivity index (χ4v) is 3.84. The molecular formula is C25H24N6O2. The molecule has 0 saturated heterocycles. The Bertz CT molecular complexity index is 1370. The summed E-state index contributed by atoms with van der Waals surface area (Å²) in [5.74, 6) is 1.60. The Morgan fingerprint density at radius 1 is 1.15 bits per heavy atom. The summed E-state index contributed by atoms with van der Waals surface area (Å²) in [5, 5.41) is 8.25. The van der Waals surface area contributed by atoms with E-state index in [1.54, 1.807) is 23.3 Å². The van der Waals surface area contributed by atoms with E-state index < -0.39 is 0 Å². The largest absolute Gasteiger partial charge is 0.467 e. The number of hydrogen-bond donors (Lipinski definition) is 1. The highest BCUT2D eigenvalue weighted by Crippen LogP contribution is 2.25. The van der Waals surface area contributed by atoms with Gasteiger partial charge in [-0.25, -0.2) is 14.6 Å². The number of aryl methyl sites for hydroxylation is 2. The van der Waals surface area contributed by atoms with Gasteiger partial charge in [0.2, 0.25) is 0 Å². The second-order valence-corrected chi connectivity index (χ2v) is 7.82. The minimum Gasteiger partial charge on any atom is -0.467 e. The van der Waals surface area contributed by atoms with Crippen LogP contribution in [0.5, 0.6) is 0 Å². The summed E-state index contributed by atoms with van der Waals surface area (Å²) in [5.41, 5.74) is 2.87. The third-order valence-electron chi connectivity index (χ3n) is 5.59. The lowest BCUT2D eigenvalue weighted by atomic mass is 10.1. The second kappa shape index (κ2) is 9.12. The summed E-state index contributed by atoms with van der Waals surface area (Å²) in [7, 11) is 0. The maximum Gasteiger partial charge on any atom is 0.252 e. The Morgan fingerprint density at radius 3 is 2.79 bits per heavy atom. The molecule has 0 bridgehead atoms. The summed E-state index contributed by atoms with van der Waals surface area (Å²) in [6.07, 6.45) is 7.87. The second-order valence-electron chi connectivity index (χ2n) is 7.82. The highest BCUT2D eigenvalue weighted by molar-refractivity contribution is 6.06. The lowest BCUT2D eigenvalue weighted by molar-refractivity contribution is 0.0954. The molecule has 5 aromatic rings. The maximum absolute atomic E-state index is 13.2. The van der Waals surface area contributed by atoms with Crippen LogP contribution in [0.4, 0.5) is 0 Å². The molecule has 0 fully saturated rings. The number of carbonyl (C=O) groups excluding carboxylic acids is 1. The van der Waals surface area contributed by atoms with Gasteiger partial charge in [-0.1, -0.05) is 30.3 Å². The number of pyridine rings is 1. The van der Waals surface area contributed by atoms with E-state index in [9.17, 15) is 4.79 Å². The van der Waals surface area contributed by atoms with E-state index in [4.69, 9.17) is 9.40 Å². The van der Waals surface area contributed by atoms with Crippen molar-refractivity contribution in [1.29, 1.82) is 0 Å². The van der Waals surface area contributed by atoms with Crippen LogP contribution in [-0.2, 0) is 13.1 Å². The Kier molecular flexibility index (Phi) is 5.72. The van der Waals surface area contributed by atoms with Gasteiger partial charge in [0.25, 0.3) is 5.91 Å². The van der Waals surface area contributed by atoms with Crippen LogP contribution < -0.4 is 5.32 Å². The molecule has 1 aromatic carbocycles. The molecule has 1 N–H and O–H groups in total. The lowest BCUT2D eigenvalue weighted by Crippen LogP contribution is -2.25. The van der Waals surface area contributed by atoms with Crippen molar-refractivity contribution < 1.29 is 9.21 Å². The van der Waals surface area contributed by atoms with Crippen LogP contribution in [0.25, 0.3) is 22.3 Å². The van der Waals surface area contributed by atoms with Crippen molar-refractivity contribution in [1.82, 2.24) is 29.6 Å². The van der Waals surface area contributed by atoms with Crippen molar-refractivity contribution >= 4 is 16.9 Å². The van der Waals surface area contributed by atoms with E-state index in [-0.39, 0.29) is 5.91 Å². The third-order valence-corrected chi connectivity index (χ3v) is 5.59. The van der Waals surface area contributed by atoms with E-state index >= 15 is 0 Å². The van der Waals surface area contributed by atoms with Crippen molar-refractivity contribution in [3.8, 4) is 11.3 Å². The fourth-order valence-electron chi connectivity index (χ4n) is 3.84. The van der Waals surface area contributed by atoms with Gasteiger partial charge in [0.05, 0.1) is 29.1 Å². The van der Waals surface area contributed by atoms with Gasteiger partial charge in [-0.15, -0.1) is 0 Å². The topological polar surface area (TPSA) is 90.8 Å². The average molecular weight is 441 g/mol. The SMILES string of the molecule is Cc1nccn1CCCNC(=O)c1cc(-c2ccccc2)nc2c1cnn2Cc1ccco1. The molecule has 0 aliphatic heterocycles. The molecule has 0 spiro atoms. The molecule has 5 rings (SSSR count). The summed E-state index contributed by atoms with van der Waals surface area (Å²) < 4.78 is 9.31. The van der Waals surface area contributed by atoms with Gasteiger partial charge in [-0.2, -0.15) is 5.10 Å². The Labute approximate surface area is 190 Å². The predicted octanol–water partition coefficient (Wildman–Crippen LogP) is 4.06. The van der Waals surface area contributed by atoms with Gasteiger partial charge in [0.1, 0.15) is 18.1 Å². The molecule has 1 amide bonds. The standard InChI is InChI=1S/C25H24N6O2/c1-18-26-11-13-30(18)12-6-10-27-25(32)21-15-23(19-7-3-2-4-8-19)29-24-22(21)16-28-31(24)17-20-9-5-14-33-20/h2-5,7-9,11,13-16H,6,10,12,17H2,1H3,(H,27,32). The number of nitrogens with one attached hydrogen (secondary N) is 1. The smallest absolute Gasteiger partial charge is 0.252 e. The number of benzene rings is 1. The highest BCUT2D eigenvalue weighted by atomic mass is 16.3.